The van der Waals surface area contributed by atoms with Crippen molar-refractivity contribution in [2.45, 2.75) is 33.1 Å². The minimum absolute atomic E-state index is 1.07. The van der Waals surface area contributed by atoms with Crippen LogP contribution in [-0.4, -0.2) is 6.54 Å². The lowest BCUT2D eigenvalue weighted by atomic mass is 10.2. The molecule has 0 aliphatic carbocycles. The summed E-state index contributed by atoms with van der Waals surface area (Å²) in [7, 11) is 0. The molecule has 0 saturated heterocycles. The van der Waals surface area contributed by atoms with Crippen LogP contribution in [0, 0.1) is 6.92 Å². The minimum atomic E-state index is 1.07. The normalized spacial score (nSPS) is 10.2. The van der Waals surface area contributed by atoms with Gasteiger partial charge in [0.05, 0.1) is 0 Å². The maximum atomic E-state index is 3.53. The van der Waals surface area contributed by atoms with Gasteiger partial charge < -0.3 is 5.32 Å². The van der Waals surface area contributed by atoms with Crippen molar-refractivity contribution in [3.05, 3.63) is 28.2 Å². The summed E-state index contributed by atoms with van der Waals surface area (Å²) >= 11 is 3.53. The van der Waals surface area contributed by atoms with Crippen LogP contribution in [0.5, 0.6) is 0 Å². The molecule has 0 unspecified atom stereocenters. The van der Waals surface area contributed by atoms with E-state index in [0.29, 0.717) is 0 Å². The van der Waals surface area contributed by atoms with Crippen LogP contribution in [0.4, 0.5) is 5.69 Å². The molecule has 0 fully saturated rings. The third-order valence-electron chi connectivity index (χ3n) is 2.36. The maximum Gasteiger partial charge on any atom is 0.0381 e. The first-order valence-electron chi connectivity index (χ1n) is 5.24. The quantitative estimate of drug-likeness (QED) is 0.772. The van der Waals surface area contributed by atoms with Crippen molar-refractivity contribution in [3.8, 4) is 0 Å². The van der Waals surface area contributed by atoms with E-state index >= 15 is 0 Å². The van der Waals surface area contributed by atoms with Crippen LogP contribution in [0.25, 0.3) is 0 Å². The molecule has 0 radical (unpaired) electrons. The van der Waals surface area contributed by atoms with Crippen molar-refractivity contribution >= 4 is 21.6 Å². The second-order valence-corrected chi connectivity index (χ2v) is 4.40. The van der Waals surface area contributed by atoms with Crippen LogP contribution in [0.1, 0.15) is 31.7 Å². The molecule has 0 bridgehead atoms. The summed E-state index contributed by atoms with van der Waals surface area (Å²) in [5.74, 6) is 0. The lowest BCUT2D eigenvalue weighted by Gasteiger charge is -2.10. The molecule has 78 valence electrons. The van der Waals surface area contributed by atoms with E-state index < -0.39 is 0 Å². The van der Waals surface area contributed by atoms with E-state index in [9.17, 15) is 0 Å². The fraction of sp³-hybridized carbons (Fsp3) is 0.500. The maximum absolute atomic E-state index is 3.53. The Morgan fingerprint density at radius 3 is 2.79 bits per heavy atom. The highest BCUT2D eigenvalue weighted by Crippen LogP contribution is 2.23. The van der Waals surface area contributed by atoms with Crippen molar-refractivity contribution < 1.29 is 0 Å². The molecule has 1 rings (SSSR count). The number of unbranched alkanes of at least 4 members (excludes halogenated alkanes) is 2. The molecule has 1 aromatic carbocycles. The molecule has 0 heterocycles. The van der Waals surface area contributed by atoms with Gasteiger partial charge in [-0.1, -0.05) is 41.8 Å². The topological polar surface area (TPSA) is 12.0 Å². The van der Waals surface area contributed by atoms with Gasteiger partial charge in [0.1, 0.15) is 0 Å². The van der Waals surface area contributed by atoms with Crippen LogP contribution in [0.2, 0.25) is 0 Å². The first-order chi connectivity index (χ1) is 6.75. The standard InChI is InChI=1S/C12H18BrN/c1-3-4-5-9-14-12-8-6-7-11(13)10(12)2/h6-8,14H,3-5,9H2,1-2H3. The van der Waals surface area contributed by atoms with Crippen LogP contribution >= 0.6 is 15.9 Å². The van der Waals surface area contributed by atoms with Gasteiger partial charge in [-0.2, -0.15) is 0 Å². The predicted molar refractivity (Wildman–Crippen MR) is 66.9 cm³/mol. The molecule has 0 atom stereocenters. The van der Waals surface area contributed by atoms with Crippen molar-refractivity contribution in [1.82, 2.24) is 0 Å². The zero-order valence-electron chi connectivity index (χ0n) is 8.94. The van der Waals surface area contributed by atoms with Crippen LogP contribution in [0.3, 0.4) is 0 Å². The highest BCUT2D eigenvalue weighted by atomic mass is 79.9. The molecule has 1 aromatic rings. The molecule has 1 N–H and O–H groups in total. The van der Waals surface area contributed by atoms with E-state index in [0.717, 1.165) is 6.54 Å². The largest absolute Gasteiger partial charge is 0.385 e. The Balaban J connectivity index is 2.46. The number of rotatable bonds is 5. The molecule has 0 aliphatic rings. The average Bonchev–Trinajstić information content (AvgIpc) is 2.19. The summed E-state index contributed by atoms with van der Waals surface area (Å²) < 4.78 is 1.18. The predicted octanol–water partition coefficient (Wildman–Crippen LogP) is 4.36. The van der Waals surface area contributed by atoms with E-state index in [4.69, 9.17) is 0 Å². The number of halogens is 1. The van der Waals surface area contributed by atoms with Gasteiger partial charge in [-0.05, 0) is 31.0 Å². The zero-order valence-corrected chi connectivity index (χ0v) is 10.5. The highest BCUT2D eigenvalue weighted by molar-refractivity contribution is 9.10. The van der Waals surface area contributed by atoms with Gasteiger partial charge in [-0.15, -0.1) is 0 Å². The second-order valence-electron chi connectivity index (χ2n) is 3.55. The molecular formula is C12H18BrN. The number of anilines is 1. The molecule has 0 aliphatic heterocycles. The van der Waals surface area contributed by atoms with Crippen LogP contribution < -0.4 is 5.32 Å². The third kappa shape index (κ3) is 3.33. The van der Waals surface area contributed by atoms with Crippen molar-refractivity contribution in [2.75, 3.05) is 11.9 Å². The minimum Gasteiger partial charge on any atom is -0.385 e. The summed E-state index contributed by atoms with van der Waals surface area (Å²) in [5, 5.41) is 3.46. The summed E-state index contributed by atoms with van der Waals surface area (Å²) in [6, 6.07) is 6.28. The lowest BCUT2D eigenvalue weighted by Crippen LogP contribution is -2.02. The van der Waals surface area contributed by atoms with Gasteiger partial charge in [0, 0.05) is 16.7 Å². The summed E-state index contributed by atoms with van der Waals surface area (Å²) in [6.45, 7) is 5.43. The number of hydrogen-bond acceptors (Lipinski definition) is 1. The molecule has 1 nitrogen and oxygen atoms in total. The van der Waals surface area contributed by atoms with E-state index in [-0.39, 0.29) is 0 Å². The smallest absolute Gasteiger partial charge is 0.0381 e. The molecule has 0 spiro atoms. The second kappa shape index (κ2) is 6.07. The van der Waals surface area contributed by atoms with Crippen molar-refractivity contribution in [1.29, 1.82) is 0 Å². The Hall–Kier alpha value is -0.500. The molecule has 0 amide bonds. The Morgan fingerprint density at radius 2 is 2.07 bits per heavy atom. The lowest BCUT2D eigenvalue weighted by molar-refractivity contribution is 0.743. The van der Waals surface area contributed by atoms with Gasteiger partial charge in [-0.25, -0.2) is 0 Å². The highest BCUT2D eigenvalue weighted by Gasteiger charge is 1.99. The SMILES string of the molecule is CCCCCNc1cccc(Br)c1C. The van der Waals surface area contributed by atoms with E-state index in [1.165, 1.54) is 35.0 Å². The fourth-order valence-corrected chi connectivity index (χ4v) is 1.76. The fourth-order valence-electron chi connectivity index (χ4n) is 1.40. The first-order valence-corrected chi connectivity index (χ1v) is 6.04. The first kappa shape index (κ1) is 11.6. The van der Waals surface area contributed by atoms with Crippen molar-refractivity contribution in [2.24, 2.45) is 0 Å². The van der Waals surface area contributed by atoms with Crippen LogP contribution in [0.15, 0.2) is 22.7 Å². The van der Waals surface area contributed by atoms with E-state index in [1.807, 2.05) is 0 Å². The number of nitrogens with one attached hydrogen (secondary N) is 1. The Kier molecular flexibility index (Phi) is 5.02. The Bertz CT molecular complexity index is 284. The van der Waals surface area contributed by atoms with Gasteiger partial charge in [0.25, 0.3) is 0 Å². The third-order valence-corrected chi connectivity index (χ3v) is 3.22. The molecule has 14 heavy (non-hydrogen) atoms. The van der Waals surface area contributed by atoms with Gasteiger partial charge in [0.2, 0.25) is 0 Å². The Morgan fingerprint density at radius 1 is 1.29 bits per heavy atom. The van der Waals surface area contributed by atoms with E-state index in [1.54, 1.807) is 0 Å². The van der Waals surface area contributed by atoms with E-state index in [2.05, 4.69) is 53.3 Å². The number of hydrogen-bond donors (Lipinski definition) is 1. The Labute approximate surface area is 95.0 Å². The average molecular weight is 256 g/mol. The summed E-state index contributed by atoms with van der Waals surface area (Å²) in [6.07, 6.45) is 3.83. The van der Waals surface area contributed by atoms with Gasteiger partial charge >= 0.3 is 0 Å². The summed E-state index contributed by atoms with van der Waals surface area (Å²) in [5.41, 5.74) is 2.54. The number of benzene rings is 1. The zero-order chi connectivity index (χ0) is 10.4. The molecule has 0 saturated carbocycles. The van der Waals surface area contributed by atoms with Gasteiger partial charge in [0.15, 0.2) is 0 Å². The molecule has 0 aromatic heterocycles. The summed E-state index contributed by atoms with van der Waals surface area (Å²) in [4.78, 5) is 0. The molecular weight excluding hydrogens is 238 g/mol. The van der Waals surface area contributed by atoms with Crippen LogP contribution in [-0.2, 0) is 0 Å². The van der Waals surface area contributed by atoms with Gasteiger partial charge in [-0.3, -0.25) is 0 Å². The monoisotopic (exact) mass is 255 g/mol. The molecule has 2 heteroatoms. The van der Waals surface area contributed by atoms with Crippen molar-refractivity contribution in [3.63, 3.8) is 0 Å².